The molecule has 0 aliphatic carbocycles. The third kappa shape index (κ3) is 3.46. The van der Waals surface area contributed by atoms with Crippen LogP contribution < -0.4 is 11.1 Å². The zero-order chi connectivity index (χ0) is 13.5. The van der Waals surface area contributed by atoms with Crippen molar-refractivity contribution in [3.8, 4) is 0 Å². The highest BCUT2D eigenvalue weighted by molar-refractivity contribution is 6.07. The minimum absolute atomic E-state index is 0.128. The molecule has 1 aromatic rings. The minimum atomic E-state index is -0.703. The first-order chi connectivity index (χ1) is 8.60. The lowest BCUT2D eigenvalue weighted by molar-refractivity contribution is -0.117. The second kappa shape index (κ2) is 6.61. The summed E-state index contributed by atoms with van der Waals surface area (Å²) in [5, 5.41) is 14.1. The Hall–Kier alpha value is -2.08. The van der Waals surface area contributed by atoms with Gasteiger partial charge in [0.1, 0.15) is 0 Å². The van der Waals surface area contributed by atoms with Crippen molar-refractivity contribution in [2.45, 2.75) is 13.5 Å². The number of nitrogens with zero attached hydrogens (tertiary/aromatic N) is 1. The predicted molar refractivity (Wildman–Crippen MR) is 68.4 cm³/mol. The highest BCUT2D eigenvalue weighted by Gasteiger charge is 2.18. The third-order valence-electron chi connectivity index (χ3n) is 2.53. The van der Waals surface area contributed by atoms with Crippen molar-refractivity contribution in [1.29, 1.82) is 0 Å². The lowest BCUT2D eigenvalue weighted by Gasteiger charge is -2.13. The molecule has 0 saturated carbocycles. The van der Waals surface area contributed by atoms with Gasteiger partial charge in [0, 0.05) is 18.4 Å². The fraction of sp³-hybridized carbons (Fsp3) is 0.333. The first-order valence-corrected chi connectivity index (χ1v) is 5.45. The van der Waals surface area contributed by atoms with E-state index >= 15 is 0 Å². The van der Waals surface area contributed by atoms with E-state index in [1.54, 1.807) is 20.1 Å². The van der Waals surface area contributed by atoms with Crippen LogP contribution in [0.2, 0.25) is 0 Å². The molecule has 0 aliphatic heterocycles. The lowest BCUT2D eigenvalue weighted by atomic mass is 10.1. The van der Waals surface area contributed by atoms with Crippen LogP contribution in [0.4, 0.5) is 5.69 Å². The second-order valence-corrected chi connectivity index (χ2v) is 3.83. The fourth-order valence-corrected chi connectivity index (χ4v) is 1.39. The summed E-state index contributed by atoms with van der Waals surface area (Å²) in [4.78, 5) is 11.8. The zero-order valence-corrected chi connectivity index (χ0v) is 10.4. The van der Waals surface area contributed by atoms with Crippen molar-refractivity contribution in [1.82, 2.24) is 0 Å². The first-order valence-electron chi connectivity index (χ1n) is 5.45. The molecule has 0 heterocycles. The Bertz CT molecular complexity index is 446. The fourth-order valence-electron chi connectivity index (χ4n) is 1.39. The molecule has 1 aromatic carbocycles. The zero-order valence-electron chi connectivity index (χ0n) is 10.4. The van der Waals surface area contributed by atoms with Gasteiger partial charge in [0.25, 0.3) is 0 Å². The Labute approximate surface area is 105 Å². The van der Waals surface area contributed by atoms with Crippen LogP contribution in [0.5, 0.6) is 0 Å². The number of amides is 1. The maximum absolute atomic E-state index is 11.8. The van der Waals surface area contributed by atoms with Gasteiger partial charge in [-0.2, -0.15) is 0 Å². The number of rotatable bonds is 5. The SMILES string of the molecule is COCc1ccccc1NC(=O)C(C)C(N)=NO. The molecule has 1 atom stereocenters. The number of amidine groups is 1. The average molecular weight is 251 g/mol. The molecule has 0 spiro atoms. The summed E-state index contributed by atoms with van der Waals surface area (Å²) in [7, 11) is 1.58. The number of carbonyl (C=O) groups excluding carboxylic acids is 1. The van der Waals surface area contributed by atoms with E-state index in [4.69, 9.17) is 15.7 Å². The van der Waals surface area contributed by atoms with E-state index in [2.05, 4.69) is 10.5 Å². The van der Waals surface area contributed by atoms with Gasteiger partial charge in [-0.05, 0) is 13.0 Å². The summed E-state index contributed by atoms with van der Waals surface area (Å²) < 4.78 is 5.04. The minimum Gasteiger partial charge on any atom is -0.409 e. The van der Waals surface area contributed by atoms with Crippen molar-refractivity contribution >= 4 is 17.4 Å². The van der Waals surface area contributed by atoms with Crippen LogP contribution in [0.3, 0.4) is 0 Å². The molecule has 0 aliphatic rings. The number of nitrogens with two attached hydrogens (primary N) is 1. The van der Waals surface area contributed by atoms with Crippen LogP contribution in [-0.2, 0) is 16.1 Å². The Kier molecular flexibility index (Phi) is 5.13. The number of hydrogen-bond acceptors (Lipinski definition) is 4. The normalized spacial score (nSPS) is 13.1. The van der Waals surface area contributed by atoms with Crippen LogP contribution in [0, 0.1) is 5.92 Å². The van der Waals surface area contributed by atoms with E-state index in [9.17, 15) is 4.79 Å². The number of ether oxygens (including phenoxy) is 1. The van der Waals surface area contributed by atoms with Gasteiger partial charge >= 0.3 is 0 Å². The topological polar surface area (TPSA) is 96.9 Å². The number of para-hydroxylation sites is 1. The number of anilines is 1. The van der Waals surface area contributed by atoms with Crippen molar-refractivity contribution < 1.29 is 14.7 Å². The summed E-state index contributed by atoms with van der Waals surface area (Å²) in [5.41, 5.74) is 6.90. The maximum Gasteiger partial charge on any atom is 0.234 e. The van der Waals surface area contributed by atoms with Gasteiger partial charge in [0.05, 0.1) is 12.5 Å². The molecule has 0 bridgehead atoms. The number of carbonyl (C=O) groups is 1. The van der Waals surface area contributed by atoms with Gasteiger partial charge in [-0.15, -0.1) is 0 Å². The number of nitrogens with one attached hydrogen (secondary N) is 1. The molecular weight excluding hydrogens is 234 g/mol. The van der Waals surface area contributed by atoms with Crippen molar-refractivity contribution in [2.24, 2.45) is 16.8 Å². The van der Waals surface area contributed by atoms with Crippen LogP contribution in [-0.4, -0.2) is 24.1 Å². The van der Waals surface area contributed by atoms with Gasteiger partial charge in [0.15, 0.2) is 5.84 Å². The molecule has 1 rings (SSSR count). The van der Waals surface area contributed by atoms with Crippen LogP contribution in [0.25, 0.3) is 0 Å². The summed E-state index contributed by atoms with van der Waals surface area (Å²) in [6.45, 7) is 1.96. The van der Waals surface area contributed by atoms with Crippen molar-refractivity contribution in [3.63, 3.8) is 0 Å². The first kappa shape index (κ1) is 14.0. The molecule has 1 amide bonds. The summed E-state index contributed by atoms with van der Waals surface area (Å²) in [5.74, 6) is -1.17. The largest absolute Gasteiger partial charge is 0.409 e. The predicted octanol–water partition coefficient (Wildman–Crippen LogP) is 1.15. The Morgan fingerprint density at radius 3 is 2.83 bits per heavy atom. The summed E-state index contributed by atoms with van der Waals surface area (Å²) in [6.07, 6.45) is 0. The number of oxime groups is 1. The van der Waals surface area contributed by atoms with E-state index in [0.29, 0.717) is 12.3 Å². The monoisotopic (exact) mass is 251 g/mol. The summed E-state index contributed by atoms with van der Waals surface area (Å²) in [6, 6.07) is 7.29. The van der Waals surface area contributed by atoms with Crippen LogP contribution >= 0.6 is 0 Å². The van der Waals surface area contributed by atoms with Crippen molar-refractivity contribution in [2.75, 3.05) is 12.4 Å². The van der Waals surface area contributed by atoms with E-state index < -0.39 is 5.92 Å². The number of hydrogen-bond donors (Lipinski definition) is 3. The van der Waals surface area contributed by atoms with Gasteiger partial charge in [-0.3, -0.25) is 4.79 Å². The number of methoxy groups -OCH3 is 1. The Morgan fingerprint density at radius 1 is 1.56 bits per heavy atom. The highest BCUT2D eigenvalue weighted by atomic mass is 16.5. The van der Waals surface area contributed by atoms with E-state index in [1.807, 2.05) is 18.2 Å². The Balaban J connectivity index is 2.81. The molecule has 18 heavy (non-hydrogen) atoms. The third-order valence-corrected chi connectivity index (χ3v) is 2.53. The van der Waals surface area contributed by atoms with E-state index in [0.717, 1.165) is 5.56 Å². The van der Waals surface area contributed by atoms with Crippen LogP contribution in [0.1, 0.15) is 12.5 Å². The molecule has 6 nitrogen and oxygen atoms in total. The molecule has 0 radical (unpaired) electrons. The molecule has 1 unspecified atom stereocenters. The standard InChI is InChI=1S/C12H17N3O3/c1-8(11(13)15-17)12(16)14-10-6-4-3-5-9(10)7-18-2/h3-6,8,17H,7H2,1-2H3,(H2,13,15)(H,14,16). The van der Waals surface area contributed by atoms with Crippen molar-refractivity contribution in [3.05, 3.63) is 29.8 Å². The molecule has 0 saturated heterocycles. The molecule has 4 N–H and O–H groups in total. The highest BCUT2D eigenvalue weighted by Crippen LogP contribution is 2.16. The van der Waals surface area contributed by atoms with Gasteiger partial charge in [-0.1, -0.05) is 23.4 Å². The lowest BCUT2D eigenvalue weighted by Crippen LogP contribution is -2.32. The summed E-state index contributed by atoms with van der Waals surface area (Å²) >= 11 is 0. The van der Waals surface area contributed by atoms with Crippen LogP contribution in [0.15, 0.2) is 29.4 Å². The Morgan fingerprint density at radius 2 is 2.22 bits per heavy atom. The van der Waals surface area contributed by atoms with Gasteiger partial charge in [-0.25, -0.2) is 0 Å². The molecule has 98 valence electrons. The smallest absolute Gasteiger partial charge is 0.234 e. The number of benzene rings is 1. The molecule has 0 aromatic heterocycles. The second-order valence-electron chi connectivity index (χ2n) is 3.83. The molecule has 0 fully saturated rings. The van der Waals surface area contributed by atoms with E-state index in [-0.39, 0.29) is 11.7 Å². The van der Waals surface area contributed by atoms with Gasteiger partial charge < -0.3 is 21.0 Å². The van der Waals surface area contributed by atoms with E-state index in [1.165, 1.54) is 0 Å². The van der Waals surface area contributed by atoms with Gasteiger partial charge in [0.2, 0.25) is 5.91 Å². The maximum atomic E-state index is 11.8. The molecular formula is C12H17N3O3. The quantitative estimate of drug-likeness (QED) is 0.316. The average Bonchev–Trinajstić information content (AvgIpc) is 2.39. The molecule has 6 heteroatoms.